The number of hydrogen-bond acceptors (Lipinski definition) is 4. The summed E-state index contributed by atoms with van der Waals surface area (Å²) in [5.74, 6) is 0.670. The van der Waals surface area contributed by atoms with Crippen LogP contribution in [0.5, 0.6) is 5.75 Å². The highest BCUT2D eigenvalue weighted by atomic mass is 32.1. The number of thiazole rings is 1. The monoisotopic (exact) mass is 262 g/mol. The van der Waals surface area contributed by atoms with E-state index >= 15 is 0 Å². The molecule has 1 aromatic carbocycles. The minimum Gasteiger partial charge on any atom is -0.497 e. The van der Waals surface area contributed by atoms with Crippen LogP contribution < -0.4 is 10.1 Å². The molecule has 0 spiro atoms. The van der Waals surface area contributed by atoms with Crippen molar-refractivity contribution in [2.24, 2.45) is 0 Å². The molecule has 1 amide bonds. The van der Waals surface area contributed by atoms with Crippen molar-refractivity contribution < 1.29 is 9.53 Å². The lowest BCUT2D eigenvalue weighted by Gasteiger charge is -2.05. The van der Waals surface area contributed by atoms with Crippen LogP contribution in [0.4, 0.5) is 0 Å². The quantitative estimate of drug-likeness (QED) is 0.898. The van der Waals surface area contributed by atoms with E-state index < -0.39 is 0 Å². The summed E-state index contributed by atoms with van der Waals surface area (Å²) in [4.78, 5) is 16.0. The molecule has 0 unspecified atom stereocenters. The van der Waals surface area contributed by atoms with Crippen LogP contribution >= 0.6 is 11.3 Å². The second kappa shape index (κ2) is 6.16. The molecule has 0 aliphatic rings. The number of rotatable bonds is 5. The van der Waals surface area contributed by atoms with Crippen LogP contribution in [-0.2, 0) is 6.42 Å². The van der Waals surface area contributed by atoms with Gasteiger partial charge in [0, 0.05) is 30.1 Å². The summed E-state index contributed by atoms with van der Waals surface area (Å²) >= 11 is 1.60. The normalized spacial score (nSPS) is 10.1. The molecule has 0 bridgehead atoms. The van der Waals surface area contributed by atoms with Crippen molar-refractivity contribution in [3.05, 3.63) is 46.4 Å². The van der Waals surface area contributed by atoms with E-state index in [1.165, 1.54) is 0 Å². The summed E-state index contributed by atoms with van der Waals surface area (Å²) in [5.41, 5.74) is 0.634. The third kappa shape index (κ3) is 3.30. The first-order chi connectivity index (χ1) is 8.79. The minimum atomic E-state index is -0.0748. The average Bonchev–Trinajstić information content (AvgIpc) is 2.92. The number of ether oxygens (including phenoxy) is 1. The Morgan fingerprint density at radius 1 is 1.39 bits per heavy atom. The van der Waals surface area contributed by atoms with Gasteiger partial charge in [0.25, 0.3) is 5.91 Å². The van der Waals surface area contributed by atoms with Gasteiger partial charge in [-0.05, 0) is 24.3 Å². The van der Waals surface area contributed by atoms with Gasteiger partial charge < -0.3 is 10.1 Å². The molecule has 0 atom stereocenters. The first kappa shape index (κ1) is 12.6. The topological polar surface area (TPSA) is 51.2 Å². The van der Waals surface area contributed by atoms with Crippen LogP contribution in [0.15, 0.2) is 35.8 Å². The molecule has 94 valence electrons. The number of carbonyl (C=O) groups is 1. The summed E-state index contributed by atoms with van der Waals surface area (Å²) in [7, 11) is 1.60. The summed E-state index contributed by atoms with van der Waals surface area (Å²) in [6.45, 7) is 0.596. The van der Waals surface area contributed by atoms with Gasteiger partial charge in [0.2, 0.25) is 0 Å². The zero-order valence-electron chi connectivity index (χ0n) is 10.1. The van der Waals surface area contributed by atoms with Gasteiger partial charge in [0.15, 0.2) is 0 Å². The highest BCUT2D eigenvalue weighted by Gasteiger charge is 2.05. The van der Waals surface area contributed by atoms with Crippen molar-refractivity contribution in [1.82, 2.24) is 10.3 Å². The number of methoxy groups -OCH3 is 1. The van der Waals surface area contributed by atoms with E-state index in [2.05, 4.69) is 10.3 Å². The fourth-order valence-electron chi connectivity index (χ4n) is 1.50. The van der Waals surface area contributed by atoms with Crippen LogP contribution in [0, 0.1) is 0 Å². The Labute approximate surface area is 110 Å². The van der Waals surface area contributed by atoms with Crippen LogP contribution in [0.3, 0.4) is 0 Å². The molecule has 4 nitrogen and oxygen atoms in total. The van der Waals surface area contributed by atoms with E-state index in [1.807, 2.05) is 5.38 Å². The molecule has 5 heteroatoms. The predicted molar refractivity (Wildman–Crippen MR) is 71.1 cm³/mol. The number of hydrogen-bond donors (Lipinski definition) is 1. The van der Waals surface area contributed by atoms with Crippen molar-refractivity contribution in [3.63, 3.8) is 0 Å². The van der Waals surface area contributed by atoms with Crippen molar-refractivity contribution in [2.75, 3.05) is 13.7 Å². The summed E-state index contributed by atoms with van der Waals surface area (Å²) in [6.07, 6.45) is 2.53. The fourth-order valence-corrected chi connectivity index (χ4v) is 2.12. The van der Waals surface area contributed by atoms with E-state index in [4.69, 9.17) is 4.74 Å². The highest BCUT2D eigenvalue weighted by Crippen LogP contribution is 2.11. The third-order valence-corrected chi connectivity index (χ3v) is 3.30. The van der Waals surface area contributed by atoms with Gasteiger partial charge in [0.1, 0.15) is 5.75 Å². The standard InChI is InChI=1S/C13H14N2O2S/c1-17-11-4-2-10(3-5-11)13(16)15-7-6-12-14-8-9-18-12/h2-5,8-9H,6-7H2,1H3,(H,15,16). The van der Waals surface area contributed by atoms with E-state index in [-0.39, 0.29) is 5.91 Å². The van der Waals surface area contributed by atoms with E-state index in [0.717, 1.165) is 17.2 Å². The summed E-state index contributed by atoms with van der Waals surface area (Å²) in [5, 5.41) is 5.83. The maximum absolute atomic E-state index is 11.8. The molecule has 1 N–H and O–H groups in total. The molecule has 0 saturated heterocycles. The van der Waals surface area contributed by atoms with Crippen LogP contribution in [0.2, 0.25) is 0 Å². The number of nitrogens with one attached hydrogen (secondary N) is 1. The van der Waals surface area contributed by atoms with E-state index in [1.54, 1.807) is 48.9 Å². The van der Waals surface area contributed by atoms with Crippen LogP contribution in [0.25, 0.3) is 0 Å². The second-order valence-electron chi connectivity index (χ2n) is 3.66. The van der Waals surface area contributed by atoms with Gasteiger partial charge in [-0.15, -0.1) is 11.3 Å². The SMILES string of the molecule is COc1ccc(C(=O)NCCc2nccs2)cc1. The van der Waals surface area contributed by atoms with Gasteiger partial charge in [-0.3, -0.25) is 4.79 Å². The number of amides is 1. The first-order valence-electron chi connectivity index (χ1n) is 5.60. The number of carbonyl (C=O) groups excluding carboxylic acids is 1. The van der Waals surface area contributed by atoms with E-state index in [9.17, 15) is 4.79 Å². The molecule has 0 fully saturated rings. The predicted octanol–water partition coefficient (Wildman–Crippen LogP) is 2.12. The third-order valence-electron chi connectivity index (χ3n) is 2.46. The van der Waals surface area contributed by atoms with Gasteiger partial charge in [0.05, 0.1) is 12.1 Å². The molecule has 18 heavy (non-hydrogen) atoms. The first-order valence-corrected chi connectivity index (χ1v) is 6.48. The lowest BCUT2D eigenvalue weighted by Crippen LogP contribution is -2.25. The fraction of sp³-hybridized carbons (Fsp3) is 0.231. The van der Waals surface area contributed by atoms with Gasteiger partial charge in [-0.25, -0.2) is 4.98 Å². The number of aromatic nitrogens is 1. The molecule has 0 radical (unpaired) electrons. The highest BCUT2D eigenvalue weighted by molar-refractivity contribution is 7.09. The Hall–Kier alpha value is -1.88. The Morgan fingerprint density at radius 2 is 2.17 bits per heavy atom. The smallest absolute Gasteiger partial charge is 0.251 e. The van der Waals surface area contributed by atoms with Crippen molar-refractivity contribution >= 4 is 17.2 Å². The van der Waals surface area contributed by atoms with Gasteiger partial charge in [-0.2, -0.15) is 0 Å². The van der Waals surface area contributed by atoms with Gasteiger partial charge in [-0.1, -0.05) is 0 Å². The van der Waals surface area contributed by atoms with Crippen LogP contribution in [0.1, 0.15) is 15.4 Å². The molecule has 0 aliphatic carbocycles. The average molecular weight is 262 g/mol. The Kier molecular flexibility index (Phi) is 4.30. The van der Waals surface area contributed by atoms with Crippen molar-refractivity contribution in [2.45, 2.75) is 6.42 Å². The summed E-state index contributed by atoms with van der Waals surface area (Å²) in [6, 6.07) is 7.04. The van der Waals surface area contributed by atoms with Crippen molar-refractivity contribution in [3.8, 4) is 5.75 Å². The Balaban J connectivity index is 1.83. The zero-order chi connectivity index (χ0) is 12.8. The minimum absolute atomic E-state index is 0.0748. The molecule has 1 aromatic heterocycles. The molecule has 0 aliphatic heterocycles. The lowest BCUT2D eigenvalue weighted by molar-refractivity contribution is 0.0954. The Bertz CT molecular complexity index is 494. The lowest BCUT2D eigenvalue weighted by atomic mass is 10.2. The zero-order valence-corrected chi connectivity index (χ0v) is 10.9. The maximum atomic E-state index is 11.8. The summed E-state index contributed by atoms with van der Waals surface area (Å²) < 4.78 is 5.04. The molecule has 2 aromatic rings. The van der Waals surface area contributed by atoms with Gasteiger partial charge >= 0.3 is 0 Å². The largest absolute Gasteiger partial charge is 0.497 e. The molecular formula is C13H14N2O2S. The Morgan fingerprint density at radius 3 is 2.78 bits per heavy atom. The number of nitrogens with zero attached hydrogens (tertiary/aromatic N) is 1. The number of benzene rings is 1. The molecular weight excluding hydrogens is 248 g/mol. The molecule has 2 rings (SSSR count). The van der Waals surface area contributed by atoms with Crippen LogP contribution in [-0.4, -0.2) is 24.5 Å². The second-order valence-corrected chi connectivity index (χ2v) is 4.64. The maximum Gasteiger partial charge on any atom is 0.251 e. The van der Waals surface area contributed by atoms with E-state index in [0.29, 0.717) is 12.1 Å². The van der Waals surface area contributed by atoms with Crippen molar-refractivity contribution in [1.29, 1.82) is 0 Å². The molecule has 0 saturated carbocycles. The molecule has 1 heterocycles.